The molecule has 3 aromatic carbocycles. The standard InChI is InChI=1S/C30H35FN4O7S/c1-5-21(2)32-30(37)27(17-22-11-7-6-8-12-22)33(19-23-13-9-10-14-25(23)31)29(36)20-34(43(4,40)41)26-18-24(35(38)39)15-16-28(26)42-3/h6-16,18,21,27H,5,17,19-20H2,1-4H3,(H,32,37)/t21-,27+/m1/s1. The molecule has 0 saturated carbocycles. The molecule has 0 fully saturated rings. The lowest BCUT2D eigenvalue weighted by atomic mass is 10.0. The fraction of sp³-hybridized carbons (Fsp3) is 0.333. The van der Waals surface area contributed by atoms with E-state index in [4.69, 9.17) is 4.74 Å². The predicted molar refractivity (Wildman–Crippen MR) is 161 cm³/mol. The van der Waals surface area contributed by atoms with Gasteiger partial charge < -0.3 is 15.0 Å². The van der Waals surface area contributed by atoms with Gasteiger partial charge in [0.15, 0.2) is 0 Å². The van der Waals surface area contributed by atoms with Crippen molar-refractivity contribution < 1.29 is 32.1 Å². The Balaban J connectivity index is 2.14. The number of anilines is 1. The largest absolute Gasteiger partial charge is 0.495 e. The van der Waals surface area contributed by atoms with Crippen LogP contribution in [0.5, 0.6) is 5.75 Å². The zero-order valence-electron chi connectivity index (χ0n) is 24.4. The van der Waals surface area contributed by atoms with Gasteiger partial charge in [-0.05, 0) is 31.0 Å². The van der Waals surface area contributed by atoms with Crippen molar-refractivity contribution in [2.75, 3.05) is 24.2 Å². The lowest BCUT2D eigenvalue weighted by molar-refractivity contribution is -0.384. The van der Waals surface area contributed by atoms with Gasteiger partial charge in [0.2, 0.25) is 21.8 Å². The van der Waals surface area contributed by atoms with Crippen molar-refractivity contribution in [3.63, 3.8) is 0 Å². The molecule has 0 aliphatic rings. The van der Waals surface area contributed by atoms with Gasteiger partial charge in [-0.2, -0.15) is 0 Å². The molecule has 3 rings (SSSR count). The van der Waals surface area contributed by atoms with Crippen LogP contribution in [0.1, 0.15) is 31.4 Å². The zero-order chi connectivity index (χ0) is 31.7. The molecule has 0 bridgehead atoms. The third kappa shape index (κ3) is 8.74. The predicted octanol–water partition coefficient (Wildman–Crippen LogP) is 4.06. The Hall–Kier alpha value is -4.52. The van der Waals surface area contributed by atoms with Crippen LogP contribution in [0.15, 0.2) is 72.8 Å². The normalized spacial score (nSPS) is 12.6. The molecule has 230 valence electrons. The Labute approximate surface area is 250 Å². The number of carbonyl (C=O) groups is 2. The first kappa shape index (κ1) is 33.0. The first-order chi connectivity index (χ1) is 20.3. The molecule has 0 radical (unpaired) electrons. The number of non-ortho nitro benzene ring substituents is 1. The number of methoxy groups -OCH3 is 1. The highest BCUT2D eigenvalue weighted by molar-refractivity contribution is 7.92. The number of sulfonamides is 1. The first-order valence-corrected chi connectivity index (χ1v) is 15.4. The van der Waals surface area contributed by atoms with Gasteiger partial charge in [-0.25, -0.2) is 12.8 Å². The molecule has 0 saturated heterocycles. The Morgan fingerprint density at radius 2 is 1.72 bits per heavy atom. The lowest BCUT2D eigenvalue weighted by Crippen LogP contribution is -2.54. The maximum atomic E-state index is 14.9. The van der Waals surface area contributed by atoms with E-state index in [2.05, 4.69) is 5.32 Å². The summed E-state index contributed by atoms with van der Waals surface area (Å²) < 4.78 is 46.9. The molecule has 0 unspecified atom stereocenters. The molecule has 0 aliphatic carbocycles. The van der Waals surface area contributed by atoms with Gasteiger partial charge in [-0.3, -0.25) is 24.0 Å². The van der Waals surface area contributed by atoms with E-state index in [-0.39, 0.29) is 36.0 Å². The molecule has 1 N–H and O–H groups in total. The molecule has 0 aromatic heterocycles. The molecule has 0 aliphatic heterocycles. The molecule has 13 heteroatoms. The summed E-state index contributed by atoms with van der Waals surface area (Å²) in [6, 6.07) is 16.7. The second kappa shape index (κ2) is 14.6. The van der Waals surface area contributed by atoms with Crippen molar-refractivity contribution in [3.05, 3.63) is 99.9 Å². The quantitative estimate of drug-likeness (QED) is 0.213. The molecule has 3 aromatic rings. The summed E-state index contributed by atoms with van der Waals surface area (Å²) in [4.78, 5) is 39.8. The third-order valence-electron chi connectivity index (χ3n) is 6.89. The van der Waals surface area contributed by atoms with Crippen LogP contribution in [0.4, 0.5) is 15.8 Å². The molecule has 0 heterocycles. The van der Waals surface area contributed by atoms with Gasteiger partial charge in [-0.15, -0.1) is 0 Å². The molecular weight excluding hydrogens is 579 g/mol. The van der Waals surface area contributed by atoms with Crippen molar-refractivity contribution >= 4 is 33.2 Å². The summed E-state index contributed by atoms with van der Waals surface area (Å²) in [5.41, 5.74) is 0.180. The van der Waals surface area contributed by atoms with Crippen LogP contribution in [0.25, 0.3) is 0 Å². The van der Waals surface area contributed by atoms with Crippen LogP contribution < -0.4 is 14.4 Å². The van der Waals surface area contributed by atoms with E-state index in [9.17, 15) is 32.5 Å². The van der Waals surface area contributed by atoms with Crippen LogP contribution in [-0.4, -0.2) is 62.0 Å². The van der Waals surface area contributed by atoms with E-state index in [0.717, 1.165) is 28.9 Å². The highest BCUT2D eigenvalue weighted by atomic mass is 32.2. The number of hydrogen-bond donors (Lipinski definition) is 1. The van der Waals surface area contributed by atoms with Gasteiger partial charge >= 0.3 is 0 Å². The van der Waals surface area contributed by atoms with Gasteiger partial charge in [-0.1, -0.05) is 55.5 Å². The van der Waals surface area contributed by atoms with E-state index >= 15 is 0 Å². The zero-order valence-corrected chi connectivity index (χ0v) is 25.2. The number of rotatable bonds is 14. The number of ether oxygens (including phenoxy) is 1. The van der Waals surface area contributed by atoms with Crippen molar-refractivity contribution in [3.8, 4) is 5.75 Å². The highest BCUT2D eigenvalue weighted by Gasteiger charge is 2.35. The average Bonchev–Trinajstić information content (AvgIpc) is 2.97. The Morgan fingerprint density at radius 1 is 1.07 bits per heavy atom. The summed E-state index contributed by atoms with van der Waals surface area (Å²) in [6.45, 7) is 2.50. The molecular formula is C30H35FN4O7S. The minimum Gasteiger partial charge on any atom is -0.495 e. The van der Waals surface area contributed by atoms with Crippen molar-refractivity contribution in [2.45, 2.75) is 45.3 Å². The first-order valence-electron chi connectivity index (χ1n) is 13.5. The minimum absolute atomic E-state index is 0.0279. The third-order valence-corrected chi connectivity index (χ3v) is 8.02. The van der Waals surface area contributed by atoms with E-state index < -0.39 is 50.9 Å². The topological polar surface area (TPSA) is 139 Å². The van der Waals surface area contributed by atoms with Gasteiger partial charge in [0.25, 0.3) is 5.69 Å². The van der Waals surface area contributed by atoms with Crippen LogP contribution in [0.2, 0.25) is 0 Å². The van der Waals surface area contributed by atoms with E-state index in [1.807, 2.05) is 6.92 Å². The number of halogens is 1. The monoisotopic (exact) mass is 614 g/mol. The number of benzene rings is 3. The number of hydrogen-bond acceptors (Lipinski definition) is 7. The fourth-order valence-electron chi connectivity index (χ4n) is 4.39. The van der Waals surface area contributed by atoms with Crippen molar-refractivity contribution in [1.82, 2.24) is 10.2 Å². The number of nitro benzene ring substituents is 1. The van der Waals surface area contributed by atoms with E-state index in [0.29, 0.717) is 10.7 Å². The Bertz CT molecular complexity index is 1550. The number of nitrogens with zero attached hydrogens (tertiary/aromatic N) is 3. The average molecular weight is 615 g/mol. The lowest BCUT2D eigenvalue weighted by Gasteiger charge is -2.34. The maximum Gasteiger partial charge on any atom is 0.271 e. The van der Waals surface area contributed by atoms with E-state index in [1.165, 1.54) is 31.4 Å². The number of amides is 2. The number of carbonyl (C=O) groups excluding carboxylic acids is 2. The minimum atomic E-state index is -4.22. The van der Waals surface area contributed by atoms with Crippen LogP contribution >= 0.6 is 0 Å². The fourth-order valence-corrected chi connectivity index (χ4v) is 5.23. The number of nitrogens with one attached hydrogen (secondary N) is 1. The van der Waals surface area contributed by atoms with Crippen molar-refractivity contribution in [1.29, 1.82) is 0 Å². The summed E-state index contributed by atoms with van der Waals surface area (Å²) in [7, 11) is -2.97. The van der Waals surface area contributed by atoms with Gasteiger partial charge in [0.1, 0.15) is 29.8 Å². The van der Waals surface area contributed by atoms with Crippen LogP contribution in [-0.2, 0) is 32.6 Å². The highest BCUT2D eigenvalue weighted by Crippen LogP contribution is 2.34. The summed E-state index contributed by atoms with van der Waals surface area (Å²) in [6.07, 6.45) is 1.51. The number of nitro groups is 1. The summed E-state index contributed by atoms with van der Waals surface area (Å²) in [5.74, 6) is -1.97. The van der Waals surface area contributed by atoms with Gasteiger partial charge in [0, 0.05) is 36.7 Å². The summed E-state index contributed by atoms with van der Waals surface area (Å²) >= 11 is 0. The second-order valence-corrected chi connectivity index (χ2v) is 11.9. The molecule has 2 atom stereocenters. The van der Waals surface area contributed by atoms with E-state index in [1.54, 1.807) is 43.3 Å². The Morgan fingerprint density at radius 3 is 2.30 bits per heavy atom. The molecule has 0 spiro atoms. The van der Waals surface area contributed by atoms with Crippen LogP contribution in [0, 0.1) is 15.9 Å². The summed E-state index contributed by atoms with van der Waals surface area (Å²) in [5, 5.41) is 14.4. The Kier molecular flexibility index (Phi) is 11.2. The smallest absolute Gasteiger partial charge is 0.271 e. The second-order valence-electron chi connectivity index (χ2n) is 10.0. The van der Waals surface area contributed by atoms with Crippen molar-refractivity contribution in [2.24, 2.45) is 0 Å². The SMILES string of the molecule is CC[C@@H](C)NC(=O)[C@H](Cc1ccccc1)N(Cc1ccccc1F)C(=O)CN(c1cc([N+](=O)[O-])ccc1OC)S(C)(=O)=O. The molecule has 43 heavy (non-hydrogen) atoms. The van der Waals surface area contributed by atoms with Gasteiger partial charge in [0.05, 0.1) is 18.3 Å². The van der Waals surface area contributed by atoms with Crippen LogP contribution in [0.3, 0.4) is 0 Å². The molecule has 2 amide bonds. The molecule has 11 nitrogen and oxygen atoms in total. The maximum absolute atomic E-state index is 14.9.